The second-order valence-corrected chi connectivity index (χ2v) is 8.74. The highest BCUT2D eigenvalue weighted by Gasteiger charge is 1.99. The number of rotatable bonds is 21. The molecule has 0 spiro atoms. The molecule has 0 aliphatic rings. The number of aliphatic carboxylic acids is 3. The molecule has 0 aliphatic heterocycles. The van der Waals surface area contributed by atoms with Crippen LogP contribution in [0.5, 0.6) is 0 Å². The Morgan fingerprint density at radius 3 is 1.03 bits per heavy atom. The first-order chi connectivity index (χ1) is 16.2. The normalized spacial score (nSPS) is 10.9. The van der Waals surface area contributed by atoms with Gasteiger partial charge in [-0.05, 0) is 32.6 Å². The van der Waals surface area contributed by atoms with E-state index in [0.29, 0.717) is 25.7 Å². The lowest BCUT2D eigenvalue weighted by Gasteiger charge is -2.02. The van der Waals surface area contributed by atoms with Gasteiger partial charge in [-0.15, -0.1) is 0 Å². The van der Waals surface area contributed by atoms with Crippen molar-refractivity contribution in [1.29, 1.82) is 0 Å². The Bertz CT molecular complexity index is 436. The topological polar surface area (TPSA) is 152 Å². The van der Waals surface area contributed by atoms with Crippen LogP contribution >= 0.6 is 0 Å². The fourth-order valence-corrected chi connectivity index (χ4v) is 3.03. The van der Waals surface area contributed by atoms with E-state index in [4.69, 9.17) is 25.5 Å². The zero-order valence-electron chi connectivity index (χ0n) is 21.7. The summed E-state index contributed by atoms with van der Waals surface area (Å²) in [5.74, 6) is -2.39. The molecule has 0 aromatic carbocycles. The monoisotopic (exact) mass is 492 g/mol. The number of carboxylic acid groups (broad SMARTS) is 3. The molecule has 0 saturated heterocycles. The molecule has 0 rings (SSSR count). The molecule has 0 fully saturated rings. The highest BCUT2D eigenvalue weighted by atomic mass is 16.4. The van der Waals surface area contributed by atoms with Gasteiger partial charge in [0.25, 0.3) is 0 Å². The van der Waals surface area contributed by atoms with Gasteiger partial charge in [-0.2, -0.15) is 0 Å². The van der Waals surface area contributed by atoms with Gasteiger partial charge < -0.3 is 25.5 Å². The number of aliphatic hydroxyl groups is 2. The average molecular weight is 493 g/mol. The number of hydrogen-bond donors (Lipinski definition) is 5. The number of carboxylic acids is 3. The number of hydrogen-bond acceptors (Lipinski definition) is 5. The molecule has 0 amide bonds. The second kappa shape index (κ2) is 31.3. The minimum Gasteiger partial charge on any atom is -0.481 e. The van der Waals surface area contributed by atoms with Crippen LogP contribution in [-0.2, 0) is 14.4 Å². The lowest BCUT2D eigenvalue weighted by molar-refractivity contribution is -0.139. The van der Waals surface area contributed by atoms with Gasteiger partial charge in [-0.25, -0.2) is 0 Å². The van der Waals surface area contributed by atoms with E-state index in [1.165, 1.54) is 70.6 Å². The van der Waals surface area contributed by atoms with Crippen molar-refractivity contribution in [1.82, 2.24) is 0 Å². The summed E-state index contributed by atoms with van der Waals surface area (Å²) < 4.78 is 0. The summed E-state index contributed by atoms with van der Waals surface area (Å²) >= 11 is 0. The van der Waals surface area contributed by atoms with Gasteiger partial charge >= 0.3 is 17.9 Å². The summed E-state index contributed by atoms with van der Waals surface area (Å²) in [5, 5.41) is 41.2. The largest absolute Gasteiger partial charge is 0.481 e. The van der Waals surface area contributed by atoms with Gasteiger partial charge in [0.2, 0.25) is 0 Å². The lowest BCUT2D eigenvalue weighted by atomic mass is 10.0. The lowest BCUT2D eigenvalue weighted by Crippen LogP contribution is -2.00. The molecule has 0 saturated carbocycles. The second-order valence-electron chi connectivity index (χ2n) is 8.74. The third kappa shape index (κ3) is 47.9. The maximum Gasteiger partial charge on any atom is 0.303 e. The molecule has 0 heterocycles. The average Bonchev–Trinajstić information content (AvgIpc) is 2.75. The molecule has 0 radical (unpaired) electrons. The summed E-state index contributed by atoms with van der Waals surface area (Å²) in [6.07, 6.45) is 18.4. The molecule has 0 aromatic heterocycles. The molecule has 5 N–H and O–H groups in total. The van der Waals surface area contributed by atoms with Crippen LogP contribution < -0.4 is 0 Å². The molecule has 0 bridgehead atoms. The highest BCUT2D eigenvalue weighted by Crippen LogP contribution is 2.12. The van der Waals surface area contributed by atoms with Crippen LogP contribution in [0.15, 0.2) is 0 Å². The highest BCUT2D eigenvalue weighted by molar-refractivity contribution is 5.68. The molecule has 34 heavy (non-hydrogen) atoms. The van der Waals surface area contributed by atoms with Crippen LogP contribution in [0.1, 0.15) is 136 Å². The van der Waals surface area contributed by atoms with E-state index in [9.17, 15) is 14.4 Å². The van der Waals surface area contributed by atoms with E-state index in [1.807, 2.05) is 0 Å². The van der Waals surface area contributed by atoms with Crippen molar-refractivity contribution in [3.8, 4) is 0 Å². The Morgan fingerprint density at radius 1 is 0.559 bits per heavy atom. The summed E-state index contributed by atoms with van der Waals surface area (Å²) in [5.41, 5.74) is 0. The van der Waals surface area contributed by atoms with Crippen LogP contribution in [0, 0.1) is 0 Å². The molecule has 204 valence electrons. The number of carbonyl (C=O) groups is 3. The fraction of sp³-hybridized carbons (Fsp3) is 0.885. The van der Waals surface area contributed by atoms with Gasteiger partial charge in [0.1, 0.15) is 0 Å². The summed E-state index contributed by atoms with van der Waals surface area (Å²) in [4.78, 5) is 30.1. The van der Waals surface area contributed by atoms with Gasteiger partial charge in [0.05, 0.1) is 6.10 Å². The first-order valence-electron chi connectivity index (χ1n) is 13.1. The van der Waals surface area contributed by atoms with E-state index >= 15 is 0 Å². The van der Waals surface area contributed by atoms with Crippen LogP contribution in [0.4, 0.5) is 0 Å². The van der Waals surface area contributed by atoms with Crippen LogP contribution in [0.3, 0.4) is 0 Å². The van der Waals surface area contributed by atoms with Gasteiger partial charge in [0.15, 0.2) is 0 Å². The van der Waals surface area contributed by atoms with Gasteiger partial charge in [-0.1, -0.05) is 84.0 Å². The standard InChI is InChI=1S/C16H32O2.C6H10O4.C4H10O2/c1-2-3-4-5-6-7-8-9-10-11-12-13-14-15-16(17)18;7-5(8)3-1-2-4-6(9)10;1-4(6)2-3-5/h2-15H2,1H3,(H,17,18);1-4H2,(H,7,8)(H,9,10);4-6H,2-3H2,1H3. The van der Waals surface area contributed by atoms with Gasteiger partial charge in [-0.3, -0.25) is 14.4 Å². The van der Waals surface area contributed by atoms with E-state index in [0.717, 1.165) is 12.8 Å². The van der Waals surface area contributed by atoms with Crippen molar-refractivity contribution in [2.24, 2.45) is 0 Å². The van der Waals surface area contributed by atoms with Crippen LogP contribution in [0.2, 0.25) is 0 Å². The SMILES string of the molecule is CC(O)CCO.CCCCCCCCCCCCCCCC(=O)O.O=C(O)CCCCC(=O)O. The minimum atomic E-state index is -0.870. The molecule has 1 unspecified atom stereocenters. The minimum absolute atomic E-state index is 0.0628. The molecular weight excluding hydrogens is 440 g/mol. The molecule has 1 atom stereocenters. The molecule has 0 aliphatic carbocycles. The fourth-order valence-electron chi connectivity index (χ4n) is 3.03. The van der Waals surface area contributed by atoms with Crippen molar-refractivity contribution >= 4 is 17.9 Å². The van der Waals surface area contributed by atoms with E-state index in [2.05, 4.69) is 6.92 Å². The van der Waals surface area contributed by atoms with E-state index in [1.54, 1.807) is 6.92 Å². The Hall–Kier alpha value is -1.67. The molecular formula is C26H52O8. The predicted molar refractivity (Wildman–Crippen MR) is 135 cm³/mol. The van der Waals surface area contributed by atoms with Crippen LogP contribution in [0.25, 0.3) is 0 Å². The zero-order valence-corrected chi connectivity index (χ0v) is 21.7. The first-order valence-corrected chi connectivity index (χ1v) is 13.1. The van der Waals surface area contributed by atoms with Crippen molar-refractivity contribution in [3.63, 3.8) is 0 Å². The molecule has 8 nitrogen and oxygen atoms in total. The maximum absolute atomic E-state index is 10.3. The maximum atomic E-state index is 10.3. The van der Waals surface area contributed by atoms with E-state index < -0.39 is 17.9 Å². The summed E-state index contributed by atoms with van der Waals surface area (Å²) in [6.45, 7) is 3.99. The summed E-state index contributed by atoms with van der Waals surface area (Å²) in [7, 11) is 0. The quantitative estimate of drug-likeness (QED) is 0.122. The van der Waals surface area contributed by atoms with Crippen molar-refractivity contribution in [2.45, 2.75) is 142 Å². The number of unbranched alkanes of at least 4 members (excludes halogenated alkanes) is 13. The Morgan fingerprint density at radius 2 is 0.824 bits per heavy atom. The van der Waals surface area contributed by atoms with Gasteiger partial charge in [0, 0.05) is 25.9 Å². The van der Waals surface area contributed by atoms with Crippen molar-refractivity contribution in [2.75, 3.05) is 6.61 Å². The smallest absolute Gasteiger partial charge is 0.303 e. The Labute approximate surface area is 206 Å². The third-order valence-electron chi connectivity index (χ3n) is 5.07. The number of aliphatic hydroxyl groups excluding tert-OH is 2. The summed E-state index contributed by atoms with van der Waals surface area (Å²) in [6, 6.07) is 0. The Balaban J connectivity index is -0.000000501. The third-order valence-corrected chi connectivity index (χ3v) is 5.07. The molecule has 0 aromatic rings. The van der Waals surface area contributed by atoms with Crippen molar-refractivity contribution in [3.05, 3.63) is 0 Å². The van der Waals surface area contributed by atoms with Crippen LogP contribution in [-0.4, -0.2) is 56.2 Å². The van der Waals surface area contributed by atoms with Crippen molar-refractivity contribution < 1.29 is 39.9 Å². The zero-order chi connectivity index (χ0) is 26.5. The Kier molecular flexibility index (Phi) is 34.0. The predicted octanol–water partition coefficient (Wildman–Crippen LogP) is 6.02. The molecule has 8 heteroatoms. The first kappa shape index (κ1) is 36.9. The van der Waals surface area contributed by atoms with E-state index in [-0.39, 0.29) is 25.6 Å².